The highest BCUT2D eigenvalue weighted by molar-refractivity contribution is 6.33. The lowest BCUT2D eigenvalue weighted by Crippen LogP contribution is -2.39. The smallest absolute Gasteiger partial charge is 0.278 e. The summed E-state index contributed by atoms with van der Waals surface area (Å²) in [4.78, 5) is 30.9. The fraction of sp³-hybridized carbons (Fsp3) is 0.357. The Balaban J connectivity index is 1.39. The number of nitrogens with zero attached hydrogens (tertiary/aromatic N) is 4. The number of rotatable bonds is 8. The zero-order valence-electron chi connectivity index (χ0n) is 21.8. The van der Waals surface area contributed by atoms with E-state index < -0.39 is 18.0 Å². The summed E-state index contributed by atoms with van der Waals surface area (Å²) in [6, 6.07) is 9.95. The number of carbonyl (C=O) groups is 1. The van der Waals surface area contributed by atoms with Crippen LogP contribution in [0.5, 0.6) is 0 Å². The Bertz CT molecular complexity index is 1540. The van der Waals surface area contributed by atoms with Crippen LogP contribution in [-0.2, 0) is 9.53 Å². The van der Waals surface area contributed by atoms with Crippen molar-refractivity contribution in [3.8, 4) is 11.1 Å². The van der Waals surface area contributed by atoms with Gasteiger partial charge in [0, 0.05) is 42.8 Å². The summed E-state index contributed by atoms with van der Waals surface area (Å²) in [5, 5.41) is 21.0. The molecule has 11 heteroatoms. The highest BCUT2D eigenvalue weighted by atomic mass is 35.5. The Morgan fingerprint density at radius 2 is 2.05 bits per heavy atom. The quantitative estimate of drug-likeness (QED) is 0.307. The summed E-state index contributed by atoms with van der Waals surface area (Å²) in [7, 11) is 0. The lowest BCUT2D eigenvalue weighted by Gasteiger charge is -2.23. The number of aliphatic hydroxyl groups excluding tert-OH is 1. The lowest BCUT2D eigenvalue weighted by molar-refractivity contribution is -0.125. The number of nitrogens with one attached hydrogen (secondary N) is 2. The molecular formula is C28H31ClN6O4. The molecule has 2 atom stereocenters. The van der Waals surface area contributed by atoms with Crippen LogP contribution in [0.1, 0.15) is 43.0 Å². The number of hydrogen-bond donors (Lipinski definition) is 3. The SMILES string of the molecule is Cc1cccc(C(CO)NC(=O)C(C)n2cnn3cc(-c4cc(NC5CCOCC5)ncc4Cl)cc3c2=O)c1. The van der Waals surface area contributed by atoms with Crippen LogP contribution in [0.4, 0.5) is 5.82 Å². The van der Waals surface area contributed by atoms with Gasteiger partial charge in [0.25, 0.3) is 5.56 Å². The molecule has 4 heterocycles. The summed E-state index contributed by atoms with van der Waals surface area (Å²) in [6.07, 6.45) is 6.45. The predicted molar refractivity (Wildman–Crippen MR) is 149 cm³/mol. The third-order valence-electron chi connectivity index (χ3n) is 7.03. The molecule has 1 aliphatic rings. The van der Waals surface area contributed by atoms with Crippen LogP contribution < -0.4 is 16.2 Å². The fourth-order valence-corrected chi connectivity index (χ4v) is 4.97. The van der Waals surface area contributed by atoms with Crippen LogP contribution in [-0.4, -0.2) is 56.0 Å². The van der Waals surface area contributed by atoms with Gasteiger partial charge >= 0.3 is 0 Å². The van der Waals surface area contributed by atoms with Gasteiger partial charge in [0.15, 0.2) is 0 Å². The number of amides is 1. The van der Waals surface area contributed by atoms with Gasteiger partial charge in [-0.05, 0) is 44.4 Å². The number of pyridine rings is 1. The highest BCUT2D eigenvalue weighted by Crippen LogP contribution is 2.31. The molecule has 2 unspecified atom stereocenters. The topological polar surface area (TPSA) is 123 Å². The average Bonchev–Trinajstić information content (AvgIpc) is 3.38. The number of ether oxygens (including phenoxy) is 1. The molecule has 0 radical (unpaired) electrons. The van der Waals surface area contributed by atoms with Crippen molar-refractivity contribution in [2.24, 2.45) is 0 Å². The van der Waals surface area contributed by atoms with E-state index in [1.807, 2.05) is 37.3 Å². The van der Waals surface area contributed by atoms with Crippen molar-refractivity contribution in [2.75, 3.05) is 25.1 Å². The van der Waals surface area contributed by atoms with E-state index in [0.29, 0.717) is 40.7 Å². The lowest BCUT2D eigenvalue weighted by atomic mass is 10.0. The van der Waals surface area contributed by atoms with Crippen LogP contribution in [0.3, 0.4) is 0 Å². The molecule has 39 heavy (non-hydrogen) atoms. The Labute approximate surface area is 230 Å². The Hall–Kier alpha value is -3.73. The molecular weight excluding hydrogens is 520 g/mol. The number of benzene rings is 1. The van der Waals surface area contributed by atoms with Crippen molar-refractivity contribution in [1.29, 1.82) is 0 Å². The molecule has 3 N–H and O–H groups in total. The van der Waals surface area contributed by atoms with Gasteiger partial charge in [-0.3, -0.25) is 14.2 Å². The van der Waals surface area contributed by atoms with Crippen LogP contribution >= 0.6 is 11.6 Å². The van der Waals surface area contributed by atoms with Gasteiger partial charge in [-0.1, -0.05) is 41.4 Å². The minimum atomic E-state index is -0.855. The normalized spacial score (nSPS) is 15.7. The molecule has 5 rings (SSSR count). The summed E-state index contributed by atoms with van der Waals surface area (Å²) in [5.41, 5.74) is 3.15. The minimum absolute atomic E-state index is 0.270. The van der Waals surface area contributed by atoms with E-state index in [9.17, 15) is 14.7 Å². The molecule has 0 saturated carbocycles. The second kappa shape index (κ2) is 11.6. The molecule has 3 aromatic heterocycles. The maximum atomic E-state index is 13.4. The first-order valence-electron chi connectivity index (χ1n) is 12.9. The van der Waals surface area contributed by atoms with Crippen LogP contribution in [0, 0.1) is 6.92 Å². The third-order valence-corrected chi connectivity index (χ3v) is 7.34. The Morgan fingerprint density at radius 3 is 2.79 bits per heavy atom. The molecule has 1 fully saturated rings. The minimum Gasteiger partial charge on any atom is -0.394 e. The van der Waals surface area contributed by atoms with Crippen LogP contribution in [0.15, 0.2) is 59.9 Å². The van der Waals surface area contributed by atoms with Crippen LogP contribution in [0.25, 0.3) is 16.6 Å². The summed E-state index contributed by atoms with van der Waals surface area (Å²) < 4.78 is 8.19. The van der Waals surface area contributed by atoms with E-state index in [0.717, 1.165) is 24.0 Å². The number of halogens is 1. The van der Waals surface area contributed by atoms with Gasteiger partial charge in [-0.25, -0.2) is 9.50 Å². The largest absolute Gasteiger partial charge is 0.394 e. The van der Waals surface area contributed by atoms with Crippen molar-refractivity contribution in [2.45, 2.75) is 44.8 Å². The fourth-order valence-electron chi connectivity index (χ4n) is 4.76. The van der Waals surface area contributed by atoms with Gasteiger partial charge in [0.05, 0.1) is 17.7 Å². The zero-order chi connectivity index (χ0) is 27.5. The van der Waals surface area contributed by atoms with Crippen molar-refractivity contribution < 1.29 is 14.6 Å². The molecule has 204 valence electrons. The van der Waals surface area contributed by atoms with E-state index in [4.69, 9.17) is 16.3 Å². The van der Waals surface area contributed by atoms with E-state index in [-0.39, 0.29) is 18.2 Å². The Morgan fingerprint density at radius 1 is 1.26 bits per heavy atom. The van der Waals surface area contributed by atoms with Crippen molar-refractivity contribution >= 4 is 28.8 Å². The molecule has 1 aliphatic heterocycles. The van der Waals surface area contributed by atoms with E-state index in [1.165, 1.54) is 15.4 Å². The number of hydrogen-bond acceptors (Lipinski definition) is 7. The van der Waals surface area contributed by atoms with E-state index in [1.54, 1.807) is 25.4 Å². The van der Waals surface area contributed by atoms with Gasteiger partial charge in [-0.2, -0.15) is 5.10 Å². The summed E-state index contributed by atoms with van der Waals surface area (Å²) in [6.45, 7) is 4.72. The molecule has 0 spiro atoms. The van der Waals surface area contributed by atoms with Crippen molar-refractivity contribution in [3.63, 3.8) is 0 Å². The highest BCUT2D eigenvalue weighted by Gasteiger charge is 2.23. The number of fused-ring (bicyclic) bond motifs is 1. The average molecular weight is 551 g/mol. The number of aromatic nitrogens is 4. The number of aliphatic hydroxyl groups is 1. The van der Waals surface area contributed by atoms with Gasteiger partial charge in [-0.15, -0.1) is 0 Å². The van der Waals surface area contributed by atoms with E-state index >= 15 is 0 Å². The molecule has 1 saturated heterocycles. The third kappa shape index (κ3) is 5.83. The maximum absolute atomic E-state index is 13.4. The number of anilines is 1. The van der Waals surface area contributed by atoms with Gasteiger partial charge in [0.2, 0.25) is 5.91 Å². The zero-order valence-corrected chi connectivity index (χ0v) is 22.6. The number of carbonyl (C=O) groups excluding carboxylic acids is 1. The molecule has 10 nitrogen and oxygen atoms in total. The van der Waals surface area contributed by atoms with Crippen molar-refractivity contribution in [3.05, 3.63) is 81.6 Å². The Kier molecular flexibility index (Phi) is 7.97. The summed E-state index contributed by atoms with van der Waals surface area (Å²) in [5.74, 6) is 0.288. The predicted octanol–water partition coefficient (Wildman–Crippen LogP) is 3.52. The molecule has 1 aromatic carbocycles. The molecule has 0 aliphatic carbocycles. The summed E-state index contributed by atoms with van der Waals surface area (Å²) >= 11 is 6.49. The monoisotopic (exact) mass is 550 g/mol. The second-order valence-electron chi connectivity index (χ2n) is 9.82. The molecule has 4 aromatic rings. The first kappa shape index (κ1) is 26.9. The van der Waals surface area contributed by atoms with Crippen LogP contribution in [0.2, 0.25) is 5.02 Å². The molecule has 1 amide bonds. The van der Waals surface area contributed by atoms with E-state index in [2.05, 4.69) is 20.7 Å². The second-order valence-corrected chi connectivity index (χ2v) is 10.2. The van der Waals surface area contributed by atoms with Gasteiger partial charge in [0.1, 0.15) is 23.7 Å². The van der Waals surface area contributed by atoms with Crippen molar-refractivity contribution in [1.82, 2.24) is 24.5 Å². The van der Waals surface area contributed by atoms with Gasteiger partial charge < -0.3 is 20.5 Å². The maximum Gasteiger partial charge on any atom is 0.278 e. The standard InChI is InChI=1S/C28H31ClN6O4/c1-17-4-3-5-19(10-17)24(15-36)33-27(37)18(2)34-16-31-35-14-20(11-25(35)28(34)38)22-12-26(30-13-23(22)29)32-21-6-8-39-9-7-21/h3-5,10-14,16,18,21,24,36H,6-9,15H2,1-2H3,(H,30,32)(H,33,37). The first-order valence-corrected chi connectivity index (χ1v) is 13.3. The molecule has 0 bridgehead atoms. The first-order chi connectivity index (χ1) is 18.8. The number of aryl methyl sites for hydroxylation is 1.